The van der Waals surface area contributed by atoms with Crippen LogP contribution in [-0.2, 0) is 4.79 Å². The first-order chi connectivity index (χ1) is 6.09. The number of rotatable bonds is 3. The van der Waals surface area contributed by atoms with Crippen LogP contribution in [0.4, 0.5) is 0 Å². The fraction of sp³-hybridized carbons (Fsp3) is 0.125. The van der Waals surface area contributed by atoms with E-state index in [0.29, 0.717) is 0 Å². The Hall–Kier alpha value is -1.42. The molecule has 4 nitrogen and oxygen atoms in total. The van der Waals surface area contributed by atoms with Gasteiger partial charge in [0.15, 0.2) is 6.61 Å². The molecule has 0 unspecified atom stereocenters. The van der Waals surface area contributed by atoms with E-state index in [4.69, 9.17) is 26.6 Å². The second-order valence-electron chi connectivity index (χ2n) is 2.30. The molecule has 0 saturated carbocycles. The Bertz CT molecular complexity index is 324. The van der Waals surface area contributed by atoms with Crippen molar-refractivity contribution >= 4 is 17.6 Å². The lowest BCUT2D eigenvalue weighted by Crippen LogP contribution is -2.09. The van der Waals surface area contributed by atoms with Gasteiger partial charge in [-0.1, -0.05) is 11.6 Å². The summed E-state index contributed by atoms with van der Waals surface area (Å²) in [4.78, 5) is 10.1. The minimum atomic E-state index is -1.07. The highest BCUT2D eigenvalue weighted by Gasteiger charge is 2.02. The number of ether oxygens (including phenoxy) is 1. The molecular formula is C8H7ClO4. The van der Waals surface area contributed by atoms with Crippen LogP contribution in [0.15, 0.2) is 18.2 Å². The van der Waals surface area contributed by atoms with E-state index >= 15 is 0 Å². The maximum absolute atomic E-state index is 10.1. The number of phenolic OH excluding ortho intramolecular Hbond substituents is 1. The first kappa shape index (κ1) is 9.67. The molecule has 0 heterocycles. The van der Waals surface area contributed by atoms with Gasteiger partial charge in [0.2, 0.25) is 0 Å². The summed E-state index contributed by atoms with van der Waals surface area (Å²) in [5.41, 5.74) is 0. The van der Waals surface area contributed by atoms with Crippen LogP contribution in [0.2, 0.25) is 5.02 Å². The zero-order valence-corrected chi connectivity index (χ0v) is 7.28. The van der Waals surface area contributed by atoms with Gasteiger partial charge in [0, 0.05) is 6.07 Å². The van der Waals surface area contributed by atoms with Crippen LogP contribution in [0.25, 0.3) is 0 Å². The Morgan fingerprint density at radius 3 is 2.77 bits per heavy atom. The number of aromatic hydroxyl groups is 1. The Morgan fingerprint density at radius 1 is 1.54 bits per heavy atom. The normalized spacial score (nSPS) is 9.62. The average Bonchev–Trinajstić information content (AvgIpc) is 2.07. The molecule has 0 spiro atoms. The van der Waals surface area contributed by atoms with Gasteiger partial charge >= 0.3 is 5.97 Å². The van der Waals surface area contributed by atoms with Crippen LogP contribution in [-0.4, -0.2) is 22.8 Å². The molecule has 1 aromatic carbocycles. The molecule has 0 amide bonds. The molecule has 0 aliphatic carbocycles. The molecule has 0 fully saturated rings. The van der Waals surface area contributed by atoms with Crippen LogP contribution < -0.4 is 4.74 Å². The average molecular weight is 203 g/mol. The van der Waals surface area contributed by atoms with E-state index in [0.717, 1.165) is 0 Å². The Kier molecular flexibility index (Phi) is 2.97. The van der Waals surface area contributed by atoms with Crippen molar-refractivity contribution in [3.05, 3.63) is 23.2 Å². The third kappa shape index (κ3) is 2.83. The lowest BCUT2D eigenvalue weighted by Gasteiger charge is -2.03. The topological polar surface area (TPSA) is 66.8 Å². The summed E-state index contributed by atoms with van der Waals surface area (Å²) in [7, 11) is 0. The second kappa shape index (κ2) is 4.00. The van der Waals surface area contributed by atoms with Gasteiger partial charge in [-0.15, -0.1) is 0 Å². The van der Waals surface area contributed by atoms with Crippen molar-refractivity contribution in [2.75, 3.05) is 6.61 Å². The molecule has 13 heavy (non-hydrogen) atoms. The molecule has 0 aliphatic heterocycles. The third-order valence-electron chi connectivity index (χ3n) is 1.28. The summed E-state index contributed by atoms with van der Waals surface area (Å²) in [5.74, 6) is -0.941. The van der Waals surface area contributed by atoms with E-state index in [1.807, 2.05) is 0 Å². The highest BCUT2D eigenvalue weighted by molar-refractivity contribution is 6.32. The number of phenols is 1. The third-order valence-corrected chi connectivity index (χ3v) is 1.60. The van der Waals surface area contributed by atoms with Gasteiger partial charge in [0.25, 0.3) is 0 Å². The van der Waals surface area contributed by atoms with Crippen molar-refractivity contribution in [3.63, 3.8) is 0 Å². The molecule has 1 rings (SSSR count). The quantitative estimate of drug-likeness (QED) is 0.780. The summed E-state index contributed by atoms with van der Waals surface area (Å²) in [6.45, 7) is -0.443. The van der Waals surface area contributed by atoms with E-state index in [9.17, 15) is 4.79 Å². The van der Waals surface area contributed by atoms with E-state index in [1.54, 1.807) is 0 Å². The molecular weight excluding hydrogens is 196 g/mol. The monoisotopic (exact) mass is 202 g/mol. The van der Waals surface area contributed by atoms with Gasteiger partial charge in [-0.05, 0) is 12.1 Å². The first-order valence-corrected chi connectivity index (χ1v) is 3.80. The van der Waals surface area contributed by atoms with Crippen LogP contribution in [0.3, 0.4) is 0 Å². The fourth-order valence-electron chi connectivity index (χ4n) is 0.727. The summed E-state index contributed by atoms with van der Waals surface area (Å²) in [6, 6.07) is 4.16. The molecule has 0 aliphatic rings. The number of halogens is 1. The van der Waals surface area contributed by atoms with E-state index in [-0.39, 0.29) is 16.5 Å². The van der Waals surface area contributed by atoms with Crippen molar-refractivity contribution in [1.82, 2.24) is 0 Å². The largest absolute Gasteiger partial charge is 0.506 e. The number of carboxylic acids is 1. The van der Waals surface area contributed by atoms with E-state index in [2.05, 4.69) is 0 Å². The van der Waals surface area contributed by atoms with Crippen LogP contribution in [0, 0.1) is 0 Å². The standard InChI is InChI=1S/C8H7ClO4/c9-6-2-1-5(3-7(6)10)13-4-8(11)12/h1-3,10H,4H2,(H,11,12). The van der Waals surface area contributed by atoms with Gasteiger partial charge in [0.1, 0.15) is 11.5 Å². The Morgan fingerprint density at radius 2 is 2.23 bits per heavy atom. The number of hydrogen-bond donors (Lipinski definition) is 2. The minimum absolute atomic E-state index is 0.135. The van der Waals surface area contributed by atoms with Gasteiger partial charge in [0.05, 0.1) is 5.02 Å². The molecule has 0 saturated heterocycles. The zero-order chi connectivity index (χ0) is 9.84. The molecule has 0 bridgehead atoms. The molecule has 5 heteroatoms. The fourth-order valence-corrected chi connectivity index (χ4v) is 0.845. The predicted octanol–water partition coefficient (Wildman–Crippen LogP) is 1.51. The van der Waals surface area contributed by atoms with Crippen LogP contribution in [0.5, 0.6) is 11.5 Å². The molecule has 70 valence electrons. The molecule has 2 N–H and O–H groups in total. The van der Waals surface area contributed by atoms with Gasteiger partial charge in [-0.2, -0.15) is 0 Å². The van der Waals surface area contributed by atoms with E-state index < -0.39 is 12.6 Å². The second-order valence-corrected chi connectivity index (χ2v) is 2.70. The molecule has 0 atom stereocenters. The molecule has 0 aromatic heterocycles. The SMILES string of the molecule is O=C(O)COc1ccc(Cl)c(O)c1. The summed E-state index contributed by atoms with van der Waals surface area (Å²) in [6.07, 6.45) is 0. The summed E-state index contributed by atoms with van der Waals surface area (Å²) < 4.78 is 4.79. The van der Waals surface area contributed by atoms with Crippen LogP contribution in [0.1, 0.15) is 0 Å². The smallest absolute Gasteiger partial charge is 0.341 e. The lowest BCUT2D eigenvalue weighted by atomic mass is 10.3. The number of benzene rings is 1. The minimum Gasteiger partial charge on any atom is -0.506 e. The Balaban J connectivity index is 2.68. The van der Waals surface area contributed by atoms with Crippen molar-refractivity contribution < 1.29 is 19.7 Å². The summed E-state index contributed by atoms with van der Waals surface area (Å²) >= 11 is 5.52. The highest BCUT2D eigenvalue weighted by atomic mass is 35.5. The maximum Gasteiger partial charge on any atom is 0.341 e. The predicted molar refractivity (Wildman–Crippen MR) is 46.2 cm³/mol. The maximum atomic E-state index is 10.1. The molecule has 1 aromatic rings. The number of carbonyl (C=O) groups is 1. The Labute approximate surface area is 79.3 Å². The zero-order valence-electron chi connectivity index (χ0n) is 6.53. The molecule has 0 radical (unpaired) electrons. The van der Waals surface area contributed by atoms with Crippen molar-refractivity contribution in [2.24, 2.45) is 0 Å². The van der Waals surface area contributed by atoms with Crippen molar-refractivity contribution in [3.8, 4) is 11.5 Å². The van der Waals surface area contributed by atoms with Crippen LogP contribution >= 0.6 is 11.6 Å². The van der Waals surface area contributed by atoms with E-state index in [1.165, 1.54) is 18.2 Å². The lowest BCUT2D eigenvalue weighted by molar-refractivity contribution is -0.139. The first-order valence-electron chi connectivity index (χ1n) is 3.42. The summed E-state index contributed by atoms with van der Waals surface area (Å²) in [5, 5.41) is 17.6. The highest BCUT2D eigenvalue weighted by Crippen LogP contribution is 2.27. The number of hydrogen-bond acceptors (Lipinski definition) is 3. The van der Waals surface area contributed by atoms with Gasteiger partial charge < -0.3 is 14.9 Å². The van der Waals surface area contributed by atoms with Gasteiger partial charge in [-0.25, -0.2) is 4.79 Å². The number of aliphatic carboxylic acids is 1. The van der Waals surface area contributed by atoms with Crippen molar-refractivity contribution in [2.45, 2.75) is 0 Å². The van der Waals surface area contributed by atoms with Gasteiger partial charge in [-0.3, -0.25) is 0 Å². The number of carboxylic acid groups (broad SMARTS) is 1. The van der Waals surface area contributed by atoms with Crippen molar-refractivity contribution in [1.29, 1.82) is 0 Å².